The van der Waals surface area contributed by atoms with E-state index in [1.54, 1.807) is 7.11 Å². The lowest BCUT2D eigenvalue weighted by atomic mass is 9.98. The van der Waals surface area contributed by atoms with Crippen LogP contribution in [-0.4, -0.2) is 14.2 Å². The number of methoxy groups -OCH3 is 1. The van der Waals surface area contributed by atoms with Gasteiger partial charge in [0, 0.05) is 5.02 Å². The lowest BCUT2D eigenvalue weighted by Crippen LogP contribution is -2.18. The Kier molecular flexibility index (Phi) is 5.08. The third-order valence-corrected chi connectivity index (χ3v) is 4.21. The zero-order chi connectivity index (χ0) is 14.7. The van der Waals surface area contributed by atoms with Gasteiger partial charge in [0.15, 0.2) is 0 Å². The van der Waals surface area contributed by atoms with Gasteiger partial charge in [0.05, 0.1) is 17.6 Å². The minimum absolute atomic E-state index is 0.0466. The maximum atomic E-state index is 6.37. The standard InChI is InChI=1S/C16H17BrClNO/c1-10-4-6-12(14(18)8-10)16(19-2)11-5-7-15(20-3)13(17)9-11/h4-9,16,19H,1-3H3. The molecule has 1 unspecified atom stereocenters. The predicted molar refractivity (Wildman–Crippen MR) is 87.8 cm³/mol. The molecule has 0 radical (unpaired) electrons. The molecule has 0 aromatic heterocycles. The van der Waals surface area contributed by atoms with E-state index in [2.05, 4.69) is 39.4 Å². The highest BCUT2D eigenvalue weighted by molar-refractivity contribution is 9.10. The normalized spacial score (nSPS) is 12.2. The van der Waals surface area contributed by atoms with Gasteiger partial charge in [-0.05, 0) is 64.8 Å². The quantitative estimate of drug-likeness (QED) is 0.857. The average Bonchev–Trinajstić information content (AvgIpc) is 2.42. The minimum atomic E-state index is 0.0466. The molecule has 1 atom stereocenters. The maximum absolute atomic E-state index is 6.37. The van der Waals surface area contributed by atoms with Gasteiger partial charge in [0.25, 0.3) is 0 Å². The molecular formula is C16H17BrClNO. The molecule has 0 heterocycles. The smallest absolute Gasteiger partial charge is 0.133 e. The summed E-state index contributed by atoms with van der Waals surface area (Å²) in [7, 11) is 3.59. The van der Waals surface area contributed by atoms with Crippen molar-refractivity contribution in [2.45, 2.75) is 13.0 Å². The highest BCUT2D eigenvalue weighted by atomic mass is 79.9. The van der Waals surface area contributed by atoms with E-state index in [9.17, 15) is 0 Å². The predicted octanol–water partition coefficient (Wildman–Crippen LogP) is 4.73. The van der Waals surface area contributed by atoms with Crippen LogP contribution in [-0.2, 0) is 0 Å². The SMILES string of the molecule is CNC(c1ccc(OC)c(Br)c1)c1ccc(C)cc1Cl. The van der Waals surface area contributed by atoms with Gasteiger partial charge in [0.2, 0.25) is 0 Å². The van der Waals surface area contributed by atoms with E-state index >= 15 is 0 Å². The largest absolute Gasteiger partial charge is 0.496 e. The van der Waals surface area contributed by atoms with Crippen molar-refractivity contribution in [2.24, 2.45) is 0 Å². The zero-order valence-corrected chi connectivity index (χ0v) is 14.0. The van der Waals surface area contributed by atoms with Crippen molar-refractivity contribution < 1.29 is 4.74 Å². The topological polar surface area (TPSA) is 21.3 Å². The second-order valence-electron chi connectivity index (χ2n) is 4.64. The van der Waals surface area contributed by atoms with Crippen LogP contribution in [0.2, 0.25) is 5.02 Å². The van der Waals surface area contributed by atoms with Crippen LogP contribution in [0.4, 0.5) is 0 Å². The molecule has 0 spiro atoms. The van der Waals surface area contributed by atoms with Crippen molar-refractivity contribution >= 4 is 27.5 Å². The van der Waals surface area contributed by atoms with Crippen molar-refractivity contribution in [3.8, 4) is 5.75 Å². The molecule has 2 rings (SSSR count). The highest BCUT2D eigenvalue weighted by Crippen LogP contribution is 2.33. The molecule has 0 amide bonds. The van der Waals surface area contributed by atoms with Crippen molar-refractivity contribution in [3.05, 3.63) is 62.6 Å². The first-order valence-corrected chi connectivity index (χ1v) is 7.50. The summed E-state index contributed by atoms with van der Waals surface area (Å²) >= 11 is 9.90. The van der Waals surface area contributed by atoms with E-state index in [1.807, 2.05) is 32.2 Å². The van der Waals surface area contributed by atoms with Gasteiger partial charge >= 0.3 is 0 Å². The summed E-state index contributed by atoms with van der Waals surface area (Å²) in [5.74, 6) is 0.818. The van der Waals surface area contributed by atoms with E-state index in [1.165, 1.54) is 0 Å². The monoisotopic (exact) mass is 353 g/mol. The molecule has 0 aliphatic heterocycles. The number of halogens is 2. The Labute approximate surface area is 133 Å². The van der Waals surface area contributed by atoms with E-state index in [0.29, 0.717) is 0 Å². The minimum Gasteiger partial charge on any atom is -0.496 e. The van der Waals surface area contributed by atoms with Crippen molar-refractivity contribution in [1.29, 1.82) is 0 Å². The Morgan fingerprint density at radius 1 is 1.20 bits per heavy atom. The molecule has 0 bridgehead atoms. The fourth-order valence-electron chi connectivity index (χ4n) is 2.23. The number of aryl methyl sites for hydroxylation is 1. The van der Waals surface area contributed by atoms with Crippen LogP contribution >= 0.6 is 27.5 Å². The number of hydrogen-bond donors (Lipinski definition) is 1. The third-order valence-electron chi connectivity index (χ3n) is 3.26. The van der Waals surface area contributed by atoms with Crippen LogP contribution in [0.15, 0.2) is 40.9 Å². The summed E-state index contributed by atoms with van der Waals surface area (Å²) in [6, 6.07) is 12.2. The van der Waals surface area contributed by atoms with E-state index in [-0.39, 0.29) is 6.04 Å². The summed E-state index contributed by atoms with van der Waals surface area (Å²) in [6.45, 7) is 2.04. The Balaban J connectivity index is 2.44. The lowest BCUT2D eigenvalue weighted by Gasteiger charge is -2.20. The number of rotatable bonds is 4. The fraction of sp³-hybridized carbons (Fsp3) is 0.250. The van der Waals surface area contributed by atoms with Gasteiger partial charge in [-0.25, -0.2) is 0 Å². The number of hydrogen-bond acceptors (Lipinski definition) is 2. The molecule has 2 aromatic rings. The third kappa shape index (κ3) is 3.17. The maximum Gasteiger partial charge on any atom is 0.133 e. The highest BCUT2D eigenvalue weighted by Gasteiger charge is 2.16. The van der Waals surface area contributed by atoms with E-state index in [0.717, 1.165) is 31.9 Å². The molecule has 0 fully saturated rings. The van der Waals surface area contributed by atoms with Gasteiger partial charge in [-0.15, -0.1) is 0 Å². The van der Waals surface area contributed by atoms with Crippen LogP contribution in [0.3, 0.4) is 0 Å². The molecule has 0 aliphatic rings. The number of benzene rings is 2. The molecule has 2 nitrogen and oxygen atoms in total. The summed E-state index contributed by atoms with van der Waals surface area (Å²) in [6.07, 6.45) is 0. The summed E-state index contributed by atoms with van der Waals surface area (Å²) < 4.78 is 6.20. The average molecular weight is 355 g/mol. The number of ether oxygens (including phenoxy) is 1. The molecule has 0 saturated heterocycles. The molecule has 0 saturated carbocycles. The Morgan fingerprint density at radius 2 is 1.95 bits per heavy atom. The van der Waals surface area contributed by atoms with Crippen LogP contribution in [0, 0.1) is 6.92 Å². The second kappa shape index (κ2) is 6.61. The summed E-state index contributed by atoms with van der Waals surface area (Å²) in [5.41, 5.74) is 3.35. The van der Waals surface area contributed by atoms with Crippen LogP contribution in [0.25, 0.3) is 0 Å². The van der Waals surface area contributed by atoms with Gasteiger partial charge in [-0.3, -0.25) is 0 Å². The molecule has 20 heavy (non-hydrogen) atoms. The van der Waals surface area contributed by atoms with E-state index < -0.39 is 0 Å². The molecule has 4 heteroatoms. The Hall–Kier alpha value is -1.03. The van der Waals surface area contributed by atoms with Crippen LogP contribution < -0.4 is 10.1 Å². The lowest BCUT2D eigenvalue weighted by molar-refractivity contribution is 0.412. The van der Waals surface area contributed by atoms with Gasteiger partial charge in [-0.2, -0.15) is 0 Å². The van der Waals surface area contributed by atoms with Gasteiger partial charge < -0.3 is 10.1 Å². The molecule has 0 aliphatic carbocycles. The van der Waals surface area contributed by atoms with Crippen LogP contribution in [0.1, 0.15) is 22.7 Å². The summed E-state index contributed by atoms with van der Waals surface area (Å²) in [5, 5.41) is 4.09. The van der Waals surface area contributed by atoms with Crippen molar-refractivity contribution in [3.63, 3.8) is 0 Å². The molecule has 106 valence electrons. The number of nitrogens with one attached hydrogen (secondary N) is 1. The second-order valence-corrected chi connectivity index (χ2v) is 5.90. The van der Waals surface area contributed by atoms with E-state index in [4.69, 9.17) is 16.3 Å². The first-order chi connectivity index (χ1) is 9.56. The van der Waals surface area contributed by atoms with Crippen molar-refractivity contribution in [2.75, 3.05) is 14.2 Å². The molecule has 1 N–H and O–H groups in total. The van der Waals surface area contributed by atoms with Gasteiger partial charge in [-0.1, -0.05) is 29.8 Å². The zero-order valence-electron chi connectivity index (χ0n) is 11.7. The first-order valence-electron chi connectivity index (χ1n) is 6.33. The van der Waals surface area contributed by atoms with Crippen LogP contribution in [0.5, 0.6) is 5.75 Å². The van der Waals surface area contributed by atoms with Crippen molar-refractivity contribution in [1.82, 2.24) is 5.32 Å². The summed E-state index contributed by atoms with van der Waals surface area (Å²) in [4.78, 5) is 0. The molecular weight excluding hydrogens is 338 g/mol. The first kappa shape index (κ1) is 15.4. The molecule has 2 aromatic carbocycles. The fourth-order valence-corrected chi connectivity index (χ4v) is 3.13. The van der Waals surface area contributed by atoms with Gasteiger partial charge in [0.1, 0.15) is 5.75 Å². The Bertz CT molecular complexity index is 615. The Morgan fingerprint density at radius 3 is 2.50 bits per heavy atom.